The first-order valence-electron chi connectivity index (χ1n) is 5.93. The van der Waals surface area contributed by atoms with Crippen LogP contribution < -0.4 is 5.32 Å². The molecule has 1 atom stereocenters. The lowest BCUT2D eigenvalue weighted by molar-refractivity contribution is 0.314. The van der Waals surface area contributed by atoms with E-state index in [-0.39, 0.29) is 0 Å². The summed E-state index contributed by atoms with van der Waals surface area (Å²) in [5.74, 6) is 0. The molecule has 16 heavy (non-hydrogen) atoms. The van der Waals surface area contributed by atoms with Gasteiger partial charge in [-0.3, -0.25) is 0 Å². The highest BCUT2D eigenvalue weighted by molar-refractivity contribution is 6.30. The first-order chi connectivity index (χ1) is 7.44. The lowest BCUT2D eigenvalue weighted by atomic mass is 9.90. The maximum Gasteiger partial charge on any atom is 0.0409 e. The van der Waals surface area contributed by atoms with Crippen molar-refractivity contribution in [2.24, 2.45) is 5.41 Å². The van der Waals surface area contributed by atoms with Gasteiger partial charge in [0, 0.05) is 17.6 Å². The Hall–Kier alpha value is -0.530. The highest BCUT2D eigenvalue weighted by Gasteiger charge is 2.16. The Kier molecular flexibility index (Phi) is 4.82. The van der Waals surface area contributed by atoms with Gasteiger partial charge in [0.1, 0.15) is 0 Å². The highest BCUT2D eigenvalue weighted by Crippen LogP contribution is 2.21. The zero-order valence-corrected chi connectivity index (χ0v) is 11.4. The van der Waals surface area contributed by atoms with E-state index in [1.807, 2.05) is 18.2 Å². The molecule has 1 aromatic rings. The molecule has 0 aliphatic carbocycles. The predicted molar refractivity (Wildman–Crippen MR) is 71.9 cm³/mol. The fourth-order valence-corrected chi connectivity index (χ4v) is 1.65. The number of hydrogen-bond donors (Lipinski definition) is 1. The van der Waals surface area contributed by atoms with Crippen molar-refractivity contribution < 1.29 is 0 Å². The van der Waals surface area contributed by atoms with E-state index in [9.17, 15) is 0 Å². The molecule has 0 amide bonds. The van der Waals surface area contributed by atoms with Gasteiger partial charge in [-0.25, -0.2) is 0 Å². The topological polar surface area (TPSA) is 12.0 Å². The zero-order chi connectivity index (χ0) is 12.2. The first kappa shape index (κ1) is 13.5. The molecule has 0 saturated carbocycles. The number of benzene rings is 1. The third-order valence-electron chi connectivity index (χ3n) is 3.19. The lowest BCUT2D eigenvalue weighted by Crippen LogP contribution is -2.30. The fourth-order valence-electron chi connectivity index (χ4n) is 1.45. The predicted octanol–water partition coefficient (Wildman–Crippen LogP) is 4.43. The van der Waals surface area contributed by atoms with Crippen LogP contribution in [0.4, 0.5) is 0 Å². The van der Waals surface area contributed by atoms with Gasteiger partial charge in [-0.1, -0.05) is 44.5 Å². The quantitative estimate of drug-likeness (QED) is 0.802. The SMILES string of the molecule is CCC(C)(C)CNC(C)c1cccc(Cl)c1. The van der Waals surface area contributed by atoms with Crippen molar-refractivity contribution in [2.45, 2.75) is 40.2 Å². The van der Waals surface area contributed by atoms with Gasteiger partial charge >= 0.3 is 0 Å². The second-order valence-electron chi connectivity index (χ2n) is 5.18. The molecule has 0 aromatic heterocycles. The van der Waals surface area contributed by atoms with Gasteiger partial charge < -0.3 is 5.32 Å². The van der Waals surface area contributed by atoms with Crippen molar-refractivity contribution in [3.8, 4) is 0 Å². The van der Waals surface area contributed by atoms with E-state index < -0.39 is 0 Å². The summed E-state index contributed by atoms with van der Waals surface area (Å²) in [6, 6.07) is 8.40. The molecule has 0 bridgehead atoms. The summed E-state index contributed by atoms with van der Waals surface area (Å²) < 4.78 is 0. The summed E-state index contributed by atoms with van der Waals surface area (Å²) in [6.07, 6.45) is 1.18. The van der Waals surface area contributed by atoms with E-state index in [1.54, 1.807) is 0 Å². The molecule has 0 fully saturated rings. The van der Waals surface area contributed by atoms with Gasteiger partial charge in [-0.05, 0) is 36.5 Å². The standard InChI is InChI=1S/C14H22ClN/c1-5-14(3,4)10-16-11(2)12-7-6-8-13(15)9-12/h6-9,11,16H,5,10H2,1-4H3. The normalized spacial score (nSPS) is 13.8. The van der Waals surface area contributed by atoms with Crippen LogP contribution in [-0.4, -0.2) is 6.54 Å². The van der Waals surface area contributed by atoms with E-state index in [1.165, 1.54) is 12.0 Å². The molecular formula is C14H22ClN. The second-order valence-corrected chi connectivity index (χ2v) is 5.61. The fraction of sp³-hybridized carbons (Fsp3) is 0.571. The van der Waals surface area contributed by atoms with E-state index >= 15 is 0 Å². The molecule has 1 nitrogen and oxygen atoms in total. The Balaban J connectivity index is 2.56. The molecule has 1 unspecified atom stereocenters. The average molecular weight is 240 g/mol. The Bertz CT molecular complexity index is 333. The minimum atomic E-state index is 0.351. The molecule has 2 heteroatoms. The Morgan fingerprint density at radius 1 is 1.38 bits per heavy atom. The van der Waals surface area contributed by atoms with Crippen LogP contribution in [0.15, 0.2) is 24.3 Å². The molecule has 0 radical (unpaired) electrons. The van der Waals surface area contributed by atoms with Gasteiger partial charge in [-0.15, -0.1) is 0 Å². The van der Waals surface area contributed by atoms with Crippen molar-refractivity contribution >= 4 is 11.6 Å². The molecule has 0 aliphatic heterocycles. The van der Waals surface area contributed by atoms with Crippen molar-refractivity contribution in [1.29, 1.82) is 0 Å². The third kappa shape index (κ3) is 4.15. The first-order valence-corrected chi connectivity index (χ1v) is 6.31. The molecule has 0 aliphatic rings. The molecule has 0 heterocycles. The molecule has 0 spiro atoms. The summed E-state index contributed by atoms with van der Waals surface area (Å²) >= 11 is 5.98. The summed E-state index contributed by atoms with van der Waals surface area (Å²) in [6.45, 7) is 10.00. The van der Waals surface area contributed by atoms with Crippen LogP contribution in [0.25, 0.3) is 0 Å². The number of rotatable bonds is 5. The maximum atomic E-state index is 5.98. The summed E-state index contributed by atoms with van der Waals surface area (Å²) in [5.41, 5.74) is 1.60. The van der Waals surface area contributed by atoms with Gasteiger partial charge in [0.15, 0.2) is 0 Å². The second kappa shape index (κ2) is 5.70. The largest absolute Gasteiger partial charge is 0.310 e. The lowest BCUT2D eigenvalue weighted by Gasteiger charge is -2.26. The van der Waals surface area contributed by atoms with Crippen molar-refractivity contribution in [1.82, 2.24) is 5.32 Å². The number of nitrogens with one attached hydrogen (secondary N) is 1. The Morgan fingerprint density at radius 3 is 2.62 bits per heavy atom. The highest BCUT2D eigenvalue weighted by atomic mass is 35.5. The van der Waals surface area contributed by atoms with E-state index in [4.69, 9.17) is 11.6 Å². The van der Waals surface area contributed by atoms with E-state index in [0.29, 0.717) is 11.5 Å². The average Bonchev–Trinajstić information content (AvgIpc) is 2.26. The molecule has 0 saturated heterocycles. The maximum absolute atomic E-state index is 5.98. The summed E-state index contributed by atoms with van der Waals surface area (Å²) in [5, 5.41) is 4.37. The van der Waals surface area contributed by atoms with Crippen LogP contribution in [0.3, 0.4) is 0 Å². The van der Waals surface area contributed by atoms with Crippen LogP contribution in [0, 0.1) is 5.41 Å². The number of hydrogen-bond acceptors (Lipinski definition) is 1. The smallest absolute Gasteiger partial charge is 0.0409 e. The summed E-state index contributed by atoms with van der Waals surface area (Å²) in [7, 11) is 0. The molecule has 1 rings (SSSR count). The van der Waals surface area contributed by atoms with Gasteiger partial charge in [0.05, 0.1) is 0 Å². The van der Waals surface area contributed by atoms with E-state index in [2.05, 4.69) is 39.1 Å². The van der Waals surface area contributed by atoms with Gasteiger partial charge in [0.25, 0.3) is 0 Å². The Labute approximate surface area is 104 Å². The van der Waals surface area contributed by atoms with Crippen LogP contribution in [0.2, 0.25) is 5.02 Å². The minimum Gasteiger partial charge on any atom is -0.310 e. The molecule has 1 N–H and O–H groups in total. The van der Waals surface area contributed by atoms with Crippen LogP contribution in [0.5, 0.6) is 0 Å². The monoisotopic (exact) mass is 239 g/mol. The molecular weight excluding hydrogens is 218 g/mol. The van der Waals surface area contributed by atoms with Crippen molar-refractivity contribution in [3.63, 3.8) is 0 Å². The third-order valence-corrected chi connectivity index (χ3v) is 3.43. The zero-order valence-electron chi connectivity index (χ0n) is 10.7. The minimum absolute atomic E-state index is 0.351. The van der Waals surface area contributed by atoms with Gasteiger partial charge in [0.2, 0.25) is 0 Å². The number of halogens is 1. The van der Waals surface area contributed by atoms with Crippen molar-refractivity contribution in [3.05, 3.63) is 34.9 Å². The molecule has 1 aromatic carbocycles. The van der Waals surface area contributed by atoms with Crippen molar-refractivity contribution in [2.75, 3.05) is 6.54 Å². The van der Waals surface area contributed by atoms with Crippen LogP contribution in [-0.2, 0) is 0 Å². The van der Waals surface area contributed by atoms with Crippen LogP contribution >= 0.6 is 11.6 Å². The van der Waals surface area contributed by atoms with E-state index in [0.717, 1.165) is 11.6 Å². The molecule has 90 valence electrons. The van der Waals surface area contributed by atoms with Crippen LogP contribution in [0.1, 0.15) is 45.7 Å². The van der Waals surface area contributed by atoms with Gasteiger partial charge in [-0.2, -0.15) is 0 Å². The Morgan fingerprint density at radius 2 is 2.06 bits per heavy atom. The summed E-state index contributed by atoms with van der Waals surface area (Å²) in [4.78, 5) is 0.